The second-order valence-electron chi connectivity index (χ2n) is 8.55. The maximum absolute atomic E-state index is 13.5. The Morgan fingerprint density at radius 3 is 2.28 bits per heavy atom. The highest BCUT2D eigenvalue weighted by atomic mass is 16.4. The van der Waals surface area contributed by atoms with Crippen LogP contribution in [0.4, 0.5) is 0 Å². The van der Waals surface area contributed by atoms with E-state index in [1.165, 1.54) is 4.90 Å². The highest BCUT2D eigenvalue weighted by Gasteiger charge is 2.39. The van der Waals surface area contributed by atoms with E-state index < -0.39 is 66.2 Å². The Balaban J connectivity index is 2.19. The number of nitrogens with one attached hydrogen (secondary N) is 2. The number of carbonyl (C=O) groups excluding carboxylic acids is 4. The minimum Gasteiger partial charge on any atom is -0.481 e. The Hall–Kier alpha value is -4.00. The van der Waals surface area contributed by atoms with Gasteiger partial charge in [-0.15, -0.1) is 0 Å². The number of aliphatic carboxylic acids is 2. The van der Waals surface area contributed by atoms with Crippen molar-refractivity contribution in [3.63, 3.8) is 0 Å². The Morgan fingerprint density at radius 1 is 1.03 bits per heavy atom. The third-order valence-corrected chi connectivity index (χ3v) is 5.76. The molecule has 196 valence electrons. The fourth-order valence-electron chi connectivity index (χ4n) is 3.92. The van der Waals surface area contributed by atoms with Crippen LogP contribution in [-0.4, -0.2) is 81.4 Å². The van der Waals surface area contributed by atoms with Crippen LogP contribution in [0.25, 0.3) is 0 Å². The molecule has 1 aliphatic heterocycles. The molecule has 0 spiro atoms. The van der Waals surface area contributed by atoms with Gasteiger partial charge in [0.2, 0.25) is 23.6 Å². The zero-order chi connectivity index (χ0) is 26.8. The predicted molar refractivity (Wildman–Crippen MR) is 125 cm³/mol. The molecule has 0 radical (unpaired) electrons. The summed E-state index contributed by atoms with van der Waals surface area (Å²) in [6, 6.07) is 3.89. The van der Waals surface area contributed by atoms with Crippen molar-refractivity contribution in [3.8, 4) is 0 Å². The summed E-state index contributed by atoms with van der Waals surface area (Å²) in [5.41, 5.74) is 11.4. The molecule has 0 saturated carbocycles. The lowest BCUT2D eigenvalue weighted by molar-refractivity contribution is -0.145. The van der Waals surface area contributed by atoms with Gasteiger partial charge < -0.3 is 37.2 Å². The number of benzene rings is 1. The maximum Gasteiger partial charge on any atom is 0.326 e. The summed E-state index contributed by atoms with van der Waals surface area (Å²) in [6.45, 7) is 0.193. The van der Waals surface area contributed by atoms with Gasteiger partial charge in [0.1, 0.15) is 18.1 Å². The van der Waals surface area contributed by atoms with Crippen molar-refractivity contribution in [3.05, 3.63) is 35.9 Å². The predicted octanol–water partition coefficient (Wildman–Crippen LogP) is -1.66. The average Bonchev–Trinajstić information content (AvgIpc) is 3.30. The average molecular weight is 506 g/mol. The first-order valence-electron chi connectivity index (χ1n) is 11.4. The van der Waals surface area contributed by atoms with Gasteiger partial charge in [-0.1, -0.05) is 30.3 Å². The van der Waals surface area contributed by atoms with E-state index in [4.69, 9.17) is 16.6 Å². The molecule has 8 N–H and O–H groups in total. The van der Waals surface area contributed by atoms with Crippen LogP contribution < -0.4 is 22.1 Å². The first-order chi connectivity index (χ1) is 17.0. The number of hydrogen-bond donors (Lipinski definition) is 6. The van der Waals surface area contributed by atoms with Gasteiger partial charge in [-0.05, 0) is 24.8 Å². The number of nitrogens with two attached hydrogens (primary N) is 2. The number of carbonyl (C=O) groups is 6. The van der Waals surface area contributed by atoms with E-state index >= 15 is 0 Å². The summed E-state index contributed by atoms with van der Waals surface area (Å²) in [4.78, 5) is 73.6. The van der Waals surface area contributed by atoms with Crippen molar-refractivity contribution >= 4 is 35.6 Å². The first kappa shape index (κ1) is 28.2. The summed E-state index contributed by atoms with van der Waals surface area (Å²) in [5, 5.41) is 23.1. The van der Waals surface area contributed by atoms with Gasteiger partial charge in [-0.2, -0.15) is 0 Å². The Morgan fingerprint density at radius 2 is 1.69 bits per heavy atom. The van der Waals surface area contributed by atoms with E-state index in [-0.39, 0.29) is 32.2 Å². The summed E-state index contributed by atoms with van der Waals surface area (Å²) in [6.07, 6.45) is -0.281. The van der Waals surface area contributed by atoms with Crippen molar-refractivity contribution in [1.29, 1.82) is 0 Å². The molecule has 1 fully saturated rings. The largest absolute Gasteiger partial charge is 0.481 e. The monoisotopic (exact) mass is 505 g/mol. The molecule has 1 heterocycles. The SMILES string of the molecule is NC(=O)CCC(NC(=O)C1CCCN1C(=O)C(Cc1ccccc1)NC(=O)C(N)CC(=O)O)C(=O)O. The molecule has 4 atom stereocenters. The van der Waals surface area contributed by atoms with Gasteiger partial charge in [0.15, 0.2) is 0 Å². The third kappa shape index (κ3) is 8.34. The Labute approximate surface area is 207 Å². The molecule has 13 heteroatoms. The molecule has 0 aliphatic carbocycles. The molecule has 4 amide bonds. The first-order valence-corrected chi connectivity index (χ1v) is 11.4. The molecule has 1 saturated heterocycles. The van der Waals surface area contributed by atoms with Crippen molar-refractivity contribution in [2.75, 3.05) is 6.54 Å². The number of primary amides is 1. The van der Waals surface area contributed by atoms with Gasteiger partial charge in [0.25, 0.3) is 0 Å². The van der Waals surface area contributed by atoms with Crippen molar-refractivity contribution in [1.82, 2.24) is 15.5 Å². The van der Waals surface area contributed by atoms with Crippen LogP contribution in [0, 0.1) is 0 Å². The zero-order valence-corrected chi connectivity index (χ0v) is 19.6. The fourth-order valence-corrected chi connectivity index (χ4v) is 3.92. The molecule has 36 heavy (non-hydrogen) atoms. The molecular weight excluding hydrogens is 474 g/mol. The smallest absolute Gasteiger partial charge is 0.326 e. The van der Waals surface area contributed by atoms with E-state index in [9.17, 15) is 33.9 Å². The van der Waals surface area contributed by atoms with Crippen LogP contribution in [0.1, 0.15) is 37.7 Å². The summed E-state index contributed by atoms with van der Waals surface area (Å²) in [5.74, 6) is -5.45. The molecule has 13 nitrogen and oxygen atoms in total. The van der Waals surface area contributed by atoms with Gasteiger partial charge in [-0.25, -0.2) is 4.79 Å². The lowest BCUT2D eigenvalue weighted by Crippen LogP contribution is -2.57. The van der Waals surface area contributed by atoms with E-state index in [1.54, 1.807) is 30.3 Å². The number of nitrogens with zero attached hydrogens (tertiary/aromatic N) is 1. The standard InChI is InChI=1S/C23H31N5O8/c24-14(12-19(30)31)20(32)27-16(11-13-5-2-1-3-6-13)22(34)28-10-4-7-17(28)21(33)26-15(23(35)36)8-9-18(25)29/h1-3,5-6,14-17H,4,7-12,24H2,(H2,25,29)(H,26,33)(H,27,32)(H,30,31)(H,35,36). The molecule has 0 bridgehead atoms. The van der Waals surface area contributed by atoms with Crippen LogP contribution in [0.5, 0.6) is 0 Å². The minimum absolute atomic E-state index is 0.0619. The topological polar surface area (TPSA) is 222 Å². The van der Waals surface area contributed by atoms with E-state index in [0.717, 1.165) is 0 Å². The zero-order valence-electron chi connectivity index (χ0n) is 19.6. The lowest BCUT2D eigenvalue weighted by atomic mass is 10.0. The van der Waals surface area contributed by atoms with Gasteiger partial charge in [-0.3, -0.25) is 24.0 Å². The minimum atomic E-state index is -1.38. The number of likely N-dealkylation sites (tertiary alicyclic amines) is 1. The van der Waals surface area contributed by atoms with Gasteiger partial charge >= 0.3 is 11.9 Å². The van der Waals surface area contributed by atoms with E-state index in [2.05, 4.69) is 10.6 Å². The number of rotatable bonds is 13. The Kier molecular flexibility index (Phi) is 10.3. The lowest BCUT2D eigenvalue weighted by Gasteiger charge is -2.30. The molecule has 0 aromatic heterocycles. The third-order valence-electron chi connectivity index (χ3n) is 5.76. The number of amides is 4. The molecule has 2 rings (SSSR count). The molecule has 1 aliphatic rings. The summed E-state index contributed by atoms with van der Waals surface area (Å²) >= 11 is 0. The van der Waals surface area contributed by atoms with Crippen LogP contribution >= 0.6 is 0 Å². The van der Waals surface area contributed by atoms with Crippen molar-refractivity contribution in [2.24, 2.45) is 11.5 Å². The summed E-state index contributed by atoms with van der Waals surface area (Å²) < 4.78 is 0. The van der Waals surface area contributed by atoms with Gasteiger partial charge in [0.05, 0.1) is 12.5 Å². The van der Waals surface area contributed by atoms with Crippen LogP contribution in [0.2, 0.25) is 0 Å². The number of carboxylic acid groups (broad SMARTS) is 2. The van der Waals surface area contributed by atoms with Gasteiger partial charge in [0, 0.05) is 19.4 Å². The second kappa shape index (κ2) is 13.2. The fraction of sp³-hybridized carbons (Fsp3) is 0.478. The molecule has 1 aromatic rings. The number of hydrogen-bond acceptors (Lipinski definition) is 7. The van der Waals surface area contributed by atoms with Crippen LogP contribution in [-0.2, 0) is 35.2 Å². The van der Waals surface area contributed by atoms with Crippen molar-refractivity contribution in [2.45, 2.75) is 62.7 Å². The number of carboxylic acids is 2. The van der Waals surface area contributed by atoms with Crippen LogP contribution in [0.3, 0.4) is 0 Å². The quantitative estimate of drug-likeness (QED) is 0.180. The molecule has 4 unspecified atom stereocenters. The van der Waals surface area contributed by atoms with E-state index in [0.29, 0.717) is 12.0 Å². The molecule has 1 aromatic carbocycles. The maximum atomic E-state index is 13.5. The highest BCUT2D eigenvalue weighted by Crippen LogP contribution is 2.20. The van der Waals surface area contributed by atoms with Crippen LogP contribution in [0.15, 0.2) is 30.3 Å². The normalized spacial score (nSPS) is 17.5. The second-order valence-corrected chi connectivity index (χ2v) is 8.55. The Bertz CT molecular complexity index is 986. The van der Waals surface area contributed by atoms with E-state index in [1.807, 2.05) is 0 Å². The molecular formula is C23H31N5O8. The van der Waals surface area contributed by atoms with Crippen molar-refractivity contribution < 1.29 is 39.0 Å². The summed E-state index contributed by atoms with van der Waals surface area (Å²) in [7, 11) is 0. The highest BCUT2D eigenvalue weighted by molar-refractivity contribution is 5.95.